The Kier molecular flexibility index (Phi) is 32.5. The van der Waals surface area contributed by atoms with Crippen LogP contribution in [0.1, 0.15) is 296 Å². The van der Waals surface area contributed by atoms with E-state index in [2.05, 4.69) is 90.3 Å². The van der Waals surface area contributed by atoms with Crippen LogP contribution in [0.25, 0.3) is 0 Å². The van der Waals surface area contributed by atoms with E-state index in [-0.39, 0.29) is 77.6 Å². The minimum atomic E-state index is -0.598. The summed E-state index contributed by atoms with van der Waals surface area (Å²) in [7, 11) is 0. The van der Waals surface area contributed by atoms with Crippen molar-refractivity contribution in [3.05, 3.63) is 162 Å². The molecule has 18 bridgehead atoms. The van der Waals surface area contributed by atoms with Crippen LogP contribution in [0.15, 0.2) is 72.8 Å². The third-order valence-corrected chi connectivity index (χ3v) is 25.7. The van der Waals surface area contributed by atoms with Crippen LogP contribution >= 0.6 is 0 Å². The SMILES string of the molecule is CCCCCC1c2cc3c4c5c2OCOc2c1cc1c(c2OCCOCCOCCOCCOCCO5)OCOc2c(cc5c6c2OCC(=O)Nc2cc7c(OCCC)c(c2)Cc2cc(cc(c2OCCC)Cc2cc(N)cc(c2OCCC)Cc2cc(N)cc(c2OCCC)C7)NC(=O)COc2c(c(cc(c2OCO6)C5CCCCC)C3CCCCC)OCO4)C1CCCCC. The van der Waals surface area contributed by atoms with Crippen LogP contribution in [0, 0.1) is 0 Å². The minimum Gasteiger partial charge on any atom is -0.493 e. The lowest BCUT2D eigenvalue weighted by atomic mass is 9.75. The maximum atomic E-state index is 16.1. The molecule has 6 N–H and O–H groups in total. The molecule has 2 atom stereocenters. The highest BCUT2D eigenvalue weighted by Gasteiger charge is 2.44. The van der Waals surface area contributed by atoms with Crippen molar-refractivity contribution in [1.29, 1.82) is 0 Å². The second-order valence-corrected chi connectivity index (χ2v) is 35.5. The number of nitrogen functional groups attached to an aromatic ring is 2. The van der Waals surface area contributed by atoms with Gasteiger partial charge in [-0.2, -0.15) is 0 Å². The standard InChI is InChI=1S/C106H134N4O22/c1-9-17-21-25-77-81-55-83-78(26-22-18-10-2)85-57-87-80(28-24-20-12-4)88-58-86-79(27-23-19-11-3)84-56-82(77)96-104-98(84)128-63-130-100(86)106-102(88)132-64-131-101(87)105(99(85)129-62-127-97(83)103(95(81)125-61-126-96)121-41-39-115-37-35-113-33-34-114-36-38-116-40-42-122-104)123-59-89(111)109-75-51-69-44-67-49-73(107)47-65(91(67)117-29-13-5)43-66-48-74(108)50-68(92(66)118-30-14-6)45-70-52-76(110-90(112)60-124-106)54-72(94(70)120-32-16-8)46-71(53-75)93(69)119-31-15-7/h47-58,77-80H,9-46,59-64,107-108H2,1-8H3,(H,109,111)(H,110,112). The van der Waals surface area contributed by atoms with Crippen molar-refractivity contribution in [3.8, 4) is 92.0 Å². The molecule has 8 aromatic carbocycles. The van der Waals surface area contributed by atoms with E-state index in [9.17, 15) is 0 Å². The maximum absolute atomic E-state index is 16.1. The fraction of sp³-hybridized carbons (Fsp3) is 0.528. The Bertz CT molecular complexity index is 5030. The number of anilines is 4. The Morgan fingerprint density at radius 3 is 0.712 bits per heavy atom. The Hall–Kier alpha value is -11.1. The number of carbonyl (C=O) groups excluding carboxylic acids is 2. The summed E-state index contributed by atoms with van der Waals surface area (Å²) >= 11 is 0. The number of nitrogens with one attached hydrogen (secondary N) is 2. The van der Waals surface area contributed by atoms with Gasteiger partial charge in [0.1, 0.15) is 36.2 Å². The number of fused-ring (bicyclic) bond motifs is 22. The zero-order chi connectivity index (χ0) is 91.4. The predicted octanol–water partition coefficient (Wildman–Crippen LogP) is 20.9. The van der Waals surface area contributed by atoms with Gasteiger partial charge < -0.3 is 117 Å². The third-order valence-electron chi connectivity index (χ3n) is 25.7. The summed E-state index contributed by atoms with van der Waals surface area (Å²) in [5.41, 5.74) is 28.8. The first kappa shape index (κ1) is 94.1. The Labute approximate surface area is 776 Å². The number of ether oxygens (including phenoxy) is 20. The zero-order valence-corrected chi connectivity index (χ0v) is 78.5. The molecular formula is C106H134N4O22. The second-order valence-electron chi connectivity index (χ2n) is 35.5. The van der Waals surface area contributed by atoms with Gasteiger partial charge in [-0.1, -0.05) is 132 Å². The van der Waals surface area contributed by atoms with Crippen LogP contribution in [0.5, 0.6) is 92.0 Å². The van der Waals surface area contributed by atoms with E-state index in [1.165, 1.54) is 0 Å². The van der Waals surface area contributed by atoms with Crippen LogP contribution in [0.3, 0.4) is 0 Å². The van der Waals surface area contributed by atoms with Gasteiger partial charge >= 0.3 is 0 Å². The molecule has 2 amide bonds. The second kappa shape index (κ2) is 45.6. The van der Waals surface area contributed by atoms with Crippen molar-refractivity contribution in [1.82, 2.24) is 0 Å². The number of amides is 2. The largest absolute Gasteiger partial charge is 0.493 e. The molecule has 0 spiro atoms. The molecule has 0 fully saturated rings. The van der Waals surface area contributed by atoms with Crippen molar-refractivity contribution in [2.75, 3.05) is 155 Å². The van der Waals surface area contributed by atoms with Gasteiger partial charge in [-0.15, -0.1) is 0 Å². The zero-order valence-electron chi connectivity index (χ0n) is 78.5. The summed E-state index contributed by atoms with van der Waals surface area (Å²) in [5, 5.41) is 6.77. The van der Waals surface area contributed by atoms with E-state index in [1.54, 1.807) is 0 Å². The molecule has 0 saturated heterocycles. The van der Waals surface area contributed by atoms with E-state index in [0.29, 0.717) is 225 Å². The summed E-state index contributed by atoms with van der Waals surface area (Å²) in [4.78, 5) is 32.3. The molecule has 0 radical (unpaired) electrons. The van der Waals surface area contributed by atoms with Crippen molar-refractivity contribution in [2.45, 2.75) is 233 Å². The first-order chi connectivity index (χ1) is 64.8. The first-order valence-electron chi connectivity index (χ1n) is 48.7. The summed E-state index contributed by atoms with van der Waals surface area (Å²) in [6, 6.07) is 24.8. The lowest BCUT2D eigenvalue weighted by Crippen LogP contribution is -2.26. The number of benzene rings is 8. The van der Waals surface area contributed by atoms with Gasteiger partial charge in [0.2, 0.25) is 50.2 Å². The molecule has 132 heavy (non-hydrogen) atoms. The summed E-state index contributed by atoms with van der Waals surface area (Å²) in [6.45, 7) is 18.8. The molecule has 8 aromatic rings. The highest BCUT2D eigenvalue weighted by Crippen LogP contribution is 2.63. The predicted molar refractivity (Wildman–Crippen MR) is 506 cm³/mol. The third kappa shape index (κ3) is 21.4. The number of unbranched alkanes of at least 4 members (excludes halogenated alkanes) is 8. The average Bonchev–Trinajstić information content (AvgIpc) is 0.718. The number of hydrogen-bond donors (Lipinski definition) is 4. The van der Waals surface area contributed by atoms with Gasteiger partial charge in [-0.05, 0) is 124 Å². The van der Waals surface area contributed by atoms with E-state index in [0.717, 1.165) is 168 Å². The van der Waals surface area contributed by atoms with Crippen LogP contribution in [0.2, 0.25) is 0 Å². The summed E-state index contributed by atoms with van der Waals surface area (Å²) < 4.78 is 140. The maximum Gasteiger partial charge on any atom is 0.262 e. The van der Waals surface area contributed by atoms with Gasteiger partial charge in [-0.3, -0.25) is 9.59 Å². The van der Waals surface area contributed by atoms with Crippen LogP contribution in [-0.2, 0) is 54.2 Å². The van der Waals surface area contributed by atoms with Crippen molar-refractivity contribution >= 4 is 34.6 Å². The normalized spacial score (nSPS) is 18.2. The Balaban J connectivity index is 0.994. The van der Waals surface area contributed by atoms with Crippen molar-refractivity contribution < 1.29 is 104 Å². The monoisotopic (exact) mass is 1810 g/mol. The number of rotatable bonds is 28. The molecule has 7 heterocycles. The van der Waals surface area contributed by atoms with Crippen LogP contribution < -0.4 is 97.9 Å². The number of nitrogens with two attached hydrogens (primary N) is 2. The Morgan fingerprint density at radius 2 is 0.485 bits per heavy atom. The van der Waals surface area contributed by atoms with E-state index < -0.39 is 55.5 Å². The van der Waals surface area contributed by atoms with E-state index in [4.69, 9.17) is 106 Å². The van der Waals surface area contributed by atoms with Gasteiger partial charge in [-0.25, -0.2) is 0 Å². The van der Waals surface area contributed by atoms with Gasteiger partial charge in [0.05, 0.1) is 79.3 Å². The molecule has 0 saturated carbocycles. The number of hydrogen-bond acceptors (Lipinski definition) is 24. The molecule has 1 aliphatic carbocycles. The smallest absolute Gasteiger partial charge is 0.262 e. The van der Waals surface area contributed by atoms with Gasteiger partial charge in [0, 0.05) is 161 Å². The van der Waals surface area contributed by atoms with Crippen LogP contribution in [-0.4, -0.2) is 145 Å². The van der Waals surface area contributed by atoms with E-state index in [1.807, 2.05) is 48.5 Å². The first-order valence-corrected chi connectivity index (χ1v) is 48.7. The van der Waals surface area contributed by atoms with Gasteiger partial charge in [0.15, 0.2) is 59.2 Å². The molecule has 710 valence electrons. The Morgan fingerprint density at radius 1 is 0.265 bits per heavy atom. The molecule has 26 heteroatoms. The molecule has 2 unspecified atom stereocenters. The van der Waals surface area contributed by atoms with Crippen molar-refractivity contribution in [2.24, 2.45) is 0 Å². The van der Waals surface area contributed by atoms with Gasteiger partial charge in [0.25, 0.3) is 11.8 Å². The highest BCUT2D eigenvalue weighted by molar-refractivity contribution is 5.94. The fourth-order valence-corrected chi connectivity index (χ4v) is 19.8. The molecule has 7 aliphatic heterocycles. The lowest BCUT2D eigenvalue weighted by Gasteiger charge is -2.37. The summed E-state index contributed by atoms with van der Waals surface area (Å²) in [5.74, 6) is 3.59. The fourth-order valence-electron chi connectivity index (χ4n) is 19.8. The highest BCUT2D eigenvalue weighted by atomic mass is 16.7. The van der Waals surface area contributed by atoms with Crippen LogP contribution in [0.4, 0.5) is 22.7 Å². The molecule has 8 aliphatic rings. The molecule has 0 aromatic heterocycles. The quantitative estimate of drug-likeness (QED) is 0.0262. The lowest BCUT2D eigenvalue weighted by molar-refractivity contribution is -0.118. The minimum absolute atomic E-state index is 0.105. The average molecular weight is 1820 g/mol. The molecule has 16 rings (SSSR count). The van der Waals surface area contributed by atoms with E-state index >= 15 is 9.59 Å². The summed E-state index contributed by atoms with van der Waals surface area (Å²) in [6.07, 6.45) is 16.5. The topological polar surface area (TPSA) is 295 Å². The van der Waals surface area contributed by atoms with Crippen molar-refractivity contribution in [3.63, 3.8) is 0 Å². The number of carbonyl (C=O) groups is 2. The molecule has 26 nitrogen and oxygen atoms in total. The molecular weight excluding hydrogens is 1680 g/mol.